The van der Waals surface area contributed by atoms with Crippen LogP contribution in [0.5, 0.6) is 11.5 Å². The molecule has 0 heterocycles. The molecule has 0 aromatic heterocycles. The maximum absolute atomic E-state index is 5.96. The van der Waals surface area contributed by atoms with Crippen molar-refractivity contribution in [1.82, 2.24) is 9.80 Å². The average Bonchev–Trinajstić information content (AvgIpc) is 2.46. The van der Waals surface area contributed by atoms with E-state index < -0.39 is 0 Å². The Hall–Kier alpha value is -1.30. The Balaban J connectivity index is 2.93. The maximum atomic E-state index is 5.96. The van der Waals surface area contributed by atoms with Crippen LogP contribution in [-0.4, -0.2) is 64.8 Å². The summed E-state index contributed by atoms with van der Waals surface area (Å²) in [6.07, 6.45) is 0. The molecule has 5 nitrogen and oxygen atoms in total. The van der Waals surface area contributed by atoms with Crippen molar-refractivity contribution in [2.45, 2.75) is 6.04 Å². The molecule has 0 saturated carbocycles. The molecule has 0 aliphatic heterocycles. The summed E-state index contributed by atoms with van der Waals surface area (Å²) in [7, 11) is 9.55. The summed E-state index contributed by atoms with van der Waals surface area (Å²) < 4.78 is 10.7. The Labute approximate surface area is 122 Å². The summed E-state index contributed by atoms with van der Waals surface area (Å²) in [4.78, 5) is 4.42. The molecule has 0 spiro atoms. The number of rotatable bonds is 8. The van der Waals surface area contributed by atoms with Gasteiger partial charge in [-0.15, -0.1) is 0 Å². The van der Waals surface area contributed by atoms with E-state index in [2.05, 4.69) is 30.9 Å². The molecule has 5 heteroatoms. The summed E-state index contributed by atoms with van der Waals surface area (Å²) in [5, 5.41) is 0. The van der Waals surface area contributed by atoms with Crippen LogP contribution in [0.3, 0.4) is 0 Å². The maximum Gasteiger partial charge on any atom is 0.127 e. The molecule has 0 fully saturated rings. The molecule has 1 aromatic rings. The van der Waals surface area contributed by atoms with Crippen molar-refractivity contribution in [3.05, 3.63) is 23.8 Å². The third-order valence-corrected chi connectivity index (χ3v) is 3.45. The van der Waals surface area contributed by atoms with Gasteiger partial charge in [0.15, 0.2) is 0 Å². The van der Waals surface area contributed by atoms with E-state index >= 15 is 0 Å². The molecule has 0 saturated heterocycles. The SMILES string of the molecule is COc1ccc(C(CN)N(C)CCN(C)C)c(OC)c1. The van der Waals surface area contributed by atoms with Gasteiger partial charge in [0, 0.05) is 31.3 Å². The van der Waals surface area contributed by atoms with Gasteiger partial charge in [-0.1, -0.05) is 6.07 Å². The van der Waals surface area contributed by atoms with Crippen molar-refractivity contribution in [3.63, 3.8) is 0 Å². The third kappa shape index (κ3) is 4.37. The zero-order valence-corrected chi connectivity index (χ0v) is 13.2. The van der Waals surface area contributed by atoms with Crippen molar-refractivity contribution in [2.75, 3.05) is 55.0 Å². The molecule has 0 aliphatic rings. The molecule has 0 radical (unpaired) electrons. The van der Waals surface area contributed by atoms with Crippen molar-refractivity contribution in [2.24, 2.45) is 5.73 Å². The van der Waals surface area contributed by atoms with E-state index in [0.29, 0.717) is 6.54 Å². The quantitative estimate of drug-likeness (QED) is 0.776. The summed E-state index contributed by atoms with van der Waals surface area (Å²) in [6, 6.07) is 6.01. The molecule has 1 atom stereocenters. The first-order valence-electron chi connectivity index (χ1n) is 6.80. The van der Waals surface area contributed by atoms with Crippen LogP contribution in [-0.2, 0) is 0 Å². The number of methoxy groups -OCH3 is 2. The van der Waals surface area contributed by atoms with E-state index in [4.69, 9.17) is 15.2 Å². The van der Waals surface area contributed by atoms with Crippen LogP contribution >= 0.6 is 0 Å². The van der Waals surface area contributed by atoms with Gasteiger partial charge in [-0.05, 0) is 27.2 Å². The minimum atomic E-state index is 0.135. The van der Waals surface area contributed by atoms with Crippen LogP contribution in [0.2, 0.25) is 0 Å². The second-order valence-electron chi connectivity index (χ2n) is 5.14. The Morgan fingerprint density at radius 1 is 1.10 bits per heavy atom. The monoisotopic (exact) mass is 281 g/mol. The highest BCUT2D eigenvalue weighted by molar-refractivity contribution is 5.42. The fourth-order valence-electron chi connectivity index (χ4n) is 2.15. The summed E-state index contributed by atoms with van der Waals surface area (Å²) in [5.74, 6) is 1.61. The van der Waals surface area contributed by atoms with Crippen molar-refractivity contribution >= 4 is 0 Å². The zero-order valence-electron chi connectivity index (χ0n) is 13.2. The molecule has 20 heavy (non-hydrogen) atoms. The molecule has 0 bridgehead atoms. The van der Waals surface area contributed by atoms with Crippen LogP contribution < -0.4 is 15.2 Å². The van der Waals surface area contributed by atoms with Gasteiger partial charge in [0.25, 0.3) is 0 Å². The predicted molar refractivity (Wildman–Crippen MR) is 82.5 cm³/mol. The lowest BCUT2D eigenvalue weighted by atomic mass is 10.0. The van der Waals surface area contributed by atoms with Crippen molar-refractivity contribution in [1.29, 1.82) is 0 Å². The largest absolute Gasteiger partial charge is 0.497 e. The standard InChI is InChI=1S/C15H27N3O2/c1-17(2)8-9-18(3)14(11-16)13-7-6-12(19-4)10-15(13)20-5/h6-7,10,14H,8-9,11,16H2,1-5H3. The lowest BCUT2D eigenvalue weighted by Gasteiger charge is -2.29. The number of nitrogens with two attached hydrogens (primary N) is 1. The summed E-state index contributed by atoms with van der Waals surface area (Å²) >= 11 is 0. The fourth-order valence-corrected chi connectivity index (χ4v) is 2.15. The van der Waals surface area contributed by atoms with Gasteiger partial charge in [-0.3, -0.25) is 4.90 Å². The molecule has 0 aliphatic carbocycles. The first kappa shape index (κ1) is 16.8. The van der Waals surface area contributed by atoms with Gasteiger partial charge >= 0.3 is 0 Å². The molecule has 1 rings (SSSR count). The average molecular weight is 281 g/mol. The van der Waals surface area contributed by atoms with Crippen LogP contribution in [0.15, 0.2) is 18.2 Å². The van der Waals surface area contributed by atoms with E-state index in [1.54, 1.807) is 14.2 Å². The Morgan fingerprint density at radius 3 is 2.30 bits per heavy atom. The Morgan fingerprint density at radius 2 is 1.80 bits per heavy atom. The smallest absolute Gasteiger partial charge is 0.127 e. The highest BCUT2D eigenvalue weighted by atomic mass is 16.5. The molecule has 0 amide bonds. The van der Waals surface area contributed by atoms with Crippen LogP contribution in [0.4, 0.5) is 0 Å². The first-order chi connectivity index (χ1) is 9.53. The second kappa shape index (κ2) is 8.09. The lowest BCUT2D eigenvalue weighted by Crippen LogP contribution is -2.35. The number of nitrogens with zero attached hydrogens (tertiary/aromatic N) is 2. The molecule has 2 N–H and O–H groups in total. The van der Waals surface area contributed by atoms with Crippen LogP contribution in [0, 0.1) is 0 Å². The van der Waals surface area contributed by atoms with Gasteiger partial charge in [0.1, 0.15) is 11.5 Å². The number of hydrogen-bond donors (Lipinski definition) is 1. The zero-order chi connectivity index (χ0) is 15.1. The van der Waals surface area contributed by atoms with E-state index in [-0.39, 0.29) is 6.04 Å². The van der Waals surface area contributed by atoms with E-state index in [1.165, 1.54) is 0 Å². The van der Waals surface area contributed by atoms with Crippen molar-refractivity contribution in [3.8, 4) is 11.5 Å². The minimum Gasteiger partial charge on any atom is -0.497 e. The highest BCUT2D eigenvalue weighted by Crippen LogP contribution is 2.31. The van der Waals surface area contributed by atoms with Gasteiger partial charge in [-0.2, -0.15) is 0 Å². The number of likely N-dealkylation sites (N-methyl/N-ethyl adjacent to an activating group) is 2. The normalized spacial score (nSPS) is 12.8. The lowest BCUT2D eigenvalue weighted by molar-refractivity contribution is 0.218. The van der Waals surface area contributed by atoms with E-state index in [0.717, 1.165) is 30.2 Å². The summed E-state index contributed by atoms with van der Waals surface area (Å²) in [5.41, 5.74) is 7.06. The van der Waals surface area contributed by atoms with Crippen LogP contribution in [0.1, 0.15) is 11.6 Å². The molecule has 114 valence electrons. The van der Waals surface area contributed by atoms with E-state index in [1.807, 2.05) is 18.2 Å². The molecule has 1 unspecified atom stereocenters. The second-order valence-corrected chi connectivity index (χ2v) is 5.14. The van der Waals surface area contributed by atoms with E-state index in [9.17, 15) is 0 Å². The van der Waals surface area contributed by atoms with Crippen molar-refractivity contribution < 1.29 is 9.47 Å². The number of hydrogen-bond acceptors (Lipinski definition) is 5. The molecule has 1 aromatic carbocycles. The highest BCUT2D eigenvalue weighted by Gasteiger charge is 2.19. The van der Waals surface area contributed by atoms with Gasteiger partial charge in [-0.25, -0.2) is 0 Å². The number of benzene rings is 1. The Bertz CT molecular complexity index is 410. The van der Waals surface area contributed by atoms with Gasteiger partial charge < -0.3 is 20.1 Å². The minimum absolute atomic E-state index is 0.135. The molecular formula is C15H27N3O2. The topological polar surface area (TPSA) is 51.0 Å². The molecular weight excluding hydrogens is 254 g/mol. The number of ether oxygens (including phenoxy) is 2. The predicted octanol–water partition coefficient (Wildman–Crippen LogP) is 1.20. The fraction of sp³-hybridized carbons (Fsp3) is 0.600. The van der Waals surface area contributed by atoms with Gasteiger partial charge in [0.05, 0.1) is 20.3 Å². The summed E-state index contributed by atoms with van der Waals surface area (Å²) in [6.45, 7) is 2.49. The first-order valence-corrected chi connectivity index (χ1v) is 6.80. The van der Waals surface area contributed by atoms with Gasteiger partial charge in [0.2, 0.25) is 0 Å². The Kier molecular flexibility index (Phi) is 6.78. The van der Waals surface area contributed by atoms with Crippen LogP contribution in [0.25, 0.3) is 0 Å². The third-order valence-electron chi connectivity index (χ3n) is 3.45.